The summed E-state index contributed by atoms with van der Waals surface area (Å²) >= 11 is 0. The summed E-state index contributed by atoms with van der Waals surface area (Å²) in [5.74, 6) is 0.474. The van der Waals surface area contributed by atoms with Crippen molar-refractivity contribution in [3.05, 3.63) is 70.8 Å². The molecule has 1 amide bonds. The van der Waals surface area contributed by atoms with Gasteiger partial charge < -0.3 is 4.90 Å². The van der Waals surface area contributed by atoms with Gasteiger partial charge in [-0.3, -0.25) is 14.6 Å². The zero-order valence-corrected chi connectivity index (χ0v) is 18.4. The van der Waals surface area contributed by atoms with Crippen molar-refractivity contribution >= 4 is 24.2 Å². The first-order chi connectivity index (χ1) is 14.9. The van der Waals surface area contributed by atoms with Gasteiger partial charge in [0.1, 0.15) is 11.9 Å². The number of carbonyl (C=O) groups is 2. The Kier molecular flexibility index (Phi) is 5.86. The molecule has 2 aromatic carbocycles. The lowest BCUT2D eigenvalue weighted by Gasteiger charge is -2.32. The first kappa shape index (κ1) is 21.2. The van der Waals surface area contributed by atoms with Crippen LogP contribution in [0.1, 0.15) is 58.5 Å². The number of piperidine rings is 1. The predicted octanol–water partition coefficient (Wildman–Crippen LogP) is 4.69. The van der Waals surface area contributed by atoms with Gasteiger partial charge >= 0.3 is 0 Å². The number of benzene rings is 2. The molecule has 0 spiro atoms. The van der Waals surface area contributed by atoms with Gasteiger partial charge in [0, 0.05) is 36.3 Å². The van der Waals surface area contributed by atoms with Gasteiger partial charge in [0.2, 0.25) is 0 Å². The minimum Gasteiger partial charge on any atom is -0.339 e. The van der Waals surface area contributed by atoms with Crippen molar-refractivity contribution in [3.8, 4) is 0 Å². The molecule has 2 aromatic rings. The van der Waals surface area contributed by atoms with Crippen molar-refractivity contribution in [3.63, 3.8) is 0 Å². The summed E-state index contributed by atoms with van der Waals surface area (Å²) in [7, 11) is 0. The molecule has 2 heterocycles. The van der Waals surface area contributed by atoms with Crippen LogP contribution in [0.5, 0.6) is 0 Å². The number of nitrogens with zero attached hydrogens (tertiary/aromatic N) is 3. The average Bonchev–Trinajstić information content (AvgIpc) is 3.30. The van der Waals surface area contributed by atoms with Crippen LogP contribution < -0.4 is 0 Å². The summed E-state index contributed by atoms with van der Waals surface area (Å²) in [5.41, 5.74) is 3.09. The first-order valence-electron chi connectivity index (χ1n) is 11.0. The molecule has 1 unspecified atom stereocenters. The number of Topliss-reactive ketones (excluding diaryl/α,β-unsaturated/α-hetero) is 1. The molecule has 160 valence electrons. The van der Waals surface area contributed by atoms with Crippen molar-refractivity contribution < 1.29 is 9.59 Å². The Morgan fingerprint density at radius 2 is 1.71 bits per heavy atom. The lowest BCUT2D eigenvalue weighted by molar-refractivity contribution is 0.0650. The van der Waals surface area contributed by atoms with E-state index >= 15 is 0 Å². The van der Waals surface area contributed by atoms with E-state index in [0.29, 0.717) is 31.5 Å². The third-order valence-corrected chi connectivity index (χ3v) is 6.65. The molecular formula is C26H29N3O2. The molecule has 0 aromatic heterocycles. The molecule has 0 aliphatic carbocycles. The van der Waals surface area contributed by atoms with E-state index in [1.807, 2.05) is 66.6 Å². The molecule has 1 fully saturated rings. The van der Waals surface area contributed by atoms with E-state index in [0.717, 1.165) is 16.7 Å². The molecule has 5 heteroatoms. The average molecular weight is 416 g/mol. The van der Waals surface area contributed by atoms with Gasteiger partial charge in [0.15, 0.2) is 5.78 Å². The maximum absolute atomic E-state index is 13.0. The van der Waals surface area contributed by atoms with Gasteiger partial charge in [0.05, 0.1) is 0 Å². The van der Waals surface area contributed by atoms with Crippen molar-refractivity contribution in [1.82, 2.24) is 4.90 Å². The maximum atomic E-state index is 13.0. The van der Waals surface area contributed by atoms with Gasteiger partial charge in [-0.25, -0.2) is 4.99 Å². The highest BCUT2D eigenvalue weighted by molar-refractivity contribution is 5.99. The number of hydrogen-bond donors (Lipinski definition) is 0. The number of rotatable bonds is 5. The van der Waals surface area contributed by atoms with Gasteiger partial charge in [-0.2, -0.15) is 0 Å². The normalized spacial score (nSPS) is 21.1. The molecule has 2 aliphatic heterocycles. The molecule has 0 bridgehead atoms. The van der Waals surface area contributed by atoms with Crippen molar-refractivity contribution in [1.29, 1.82) is 0 Å². The third-order valence-electron chi connectivity index (χ3n) is 6.65. The van der Waals surface area contributed by atoms with E-state index in [2.05, 4.69) is 23.8 Å². The van der Waals surface area contributed by atoms with Gasteiger partial charge in [-0.1, -0.05) is 50.2 Å². The SMILES string of the molecule is Cc1ccccc1C(=O)C1CCN(C(=O)c2ccc(C3(C(C)C)C=NC=N3)cc2)CC1. The molecule has 0 saturated carbocycles. The standard InChI is InChI=1S/C26H29N3O2/c1-18(2)26(16-27-17-28-26)22-10-8-21(9-11-22)25(31)29-14-12-20(13-15-29)24(30)23-7-5-4-6-19(23)3/h4-11,16-18,20H,12-15H2,1-3H3. The second-order valence-corrected chi connectivity index (χ2v) is 8.83. The second-order valence-electron chi connectivity index (χ2n) is 8.83. The summed E-state index contributed by atoms with van der Waals surface area (Å²) in [6, 6.07) is 15.5. The highest BCUT2D eigenvalue weighted by Gasteiger charge is 2.35. The highest BCUT2D eigenvalue weighted by atomic mass is 16.2. The first-order valence-corrected chi connectivity index (χ1v) is 11.0. The topological polar surface area (TPSA) is 62.1 Å². The van der Waals surface area contributed by atoms with Crippen LogP contribution in [0.2, 0.25) is 0 Å². The van der Waals surface area contributed by atoms with Crippen molar-refractivity contribution in [2.24, 2.45) is 21.8 Å². The van der Waals surface area contributed by atoms with E-state index in [1.165, 1.54) is 0 Å². The Bertz CT molecular complexity index is 1020. The molecular weight excluding hydrogens is 386 g/mol. The molecule has 4 rings (SSSR count). The van der Waals surface area contributed by atoms with Crippen LogP contribution in [0, 0.1) is 18.8 Å². The Labute approximate surface area is 183 Å². The molecule has 2 aliphatic rings. The van der Waals surface area contributed by atoms with Gasteiger partial charge in [-0.05, 0) is 48.9 Å². The number of ketones is 1. The van der Waals surface area contributed by atoms with Crippen LogP contribution in [0.15, 0.2) is 58.5 Å². The Morgan fingerprint density at radius 3 is 2.29 bits per heavy atom. The quantitative estimate of drug-likeness (QED) is 0.665. The fourth-order valence-corrected chi connectivity index (χ4v) is 4.57. The number of amides is 1. The summed E-state index contributed by atoms with van der Waals surface area (Å²) in [5, 5.41) is 0. The van der Waals surface area contributed by atoms with Crippen LogP contribution in [0.4, 0.5) is 0 Å². The minimum absolute atomic E-state index is 0.0158. The van der Waals surface area contributed by atoms with Crippen LogP contribution >= 0.6 is 0 Å². The molecule has 1 saturated heterocycles. The molecule has 0 N–H and O–H groups in total. The van der Waals surface area contributed by atoms with Crippen molar-refractivity contribution in [2.45, 2.75) is 39.2 Å². The van der Waals surface area contributed by atoms with Crippen LogP contribution in [0.3, 0.4) is 0 Å². The highest BCUT2D eigenvalue weighted by Crippen LogP contribution is 2.34. The number of carbonyl (C=O) groups excluding carboxylic acids is 2. The van der Waals surface area contributed by atoms with Gasteiger partial charge in [0.25, 0.3) is 5.91 Å². The largest absolute Gasteiger partial charge is 0.339 e. The minimum atomic E-state index is -0.449. The Hall–Kier alpha value is -3.08. The van der Waals surface area contributed by atoms with Crippen LogP contribution in [-0.2, 0) is 5.54 Å². The van der Waals surface area contributed by atoms with Crippen molar-refractivity contribution in [2.75, 3.05) is 13.1 Å². The fraction of sp³-hybridized carbons (Fsp3) is 0.385. The molecule has 5 nitrogen and oxygen atoms in total. The lowest BCUT2D eigenvalue weighted by atomic mass is 9.81. The Morgan fingerprint density at radius 1 is 1.03 bits per heavy atom. The van der Waals surface area contributed by atoms with E-state index in [4.69, 9.17) is 0 Å². The predicted molar refractivity (Wildman–Crippen MR) is 124 cm³/mol. The summed E-state index contributed by atoms with van der Waals surface area (Å²) in [6.45, 7) is 7.43. The fourth-order valence-electron chi connectivity index (χ4n) is 4.57. The zero-order valence-electron chi connectivity index (χ0n) is 18.4. The molecule has 0 radical (unpaired) electrons. The van der Waals surface area contributed by atoms with Gasteiger partial charge in [-0.15, -0.1) is 0 Å². The Balaban J connectivity index is 1.41. The van der Waals surface area contributed by atoms with E-state index in [-0.39, 0.29) is 23.5 Å². The summed E-state index contributed by atoms with van der Waals surface area (Å²) in [6.07, 6.45) is 4.89. The maximum Gasteiger partial charge on any atom is 0.253 e. The van der Waals surface area contributed by atoms with E-state index < -0.39 is 5.54 Å². The van der Waals surface area contributed by atoms with E-state index in [1.54, 1.807) is 6.34 Å². The van der Waals surface area contributed by atoms with Crippen LogP contribution in [0.25, 0.3) is 0 Å². The summed E-state index contributed by atoms with van der Waals surface area (Å²) in [4.78, 5) is 36.6. The van der Waals surface area contributed by atoms with Crippen LogP contribution in [-0.4, -0.2) is 42.2 Å². The smallest absolute Gasteiger partial charge is 0.253 e. The monoisotopic (exact) mass is 415 g/mol. The zero-order chi connectivity index (χ0) is 22.0. The third kappa shape index (κ3) is 3.97. The number of likely N-dealkylation sites (tertiary alicyclic amines) is 1. The summed E-state index contributed by atoms with van der Waals surface area (Å²) < 4.78 is 0. The molecule has 1 atom stereocenters. The number of aryl methyl sites for hydroxylation is 1. The second kappa shape index (κ2) is 8.58. The number of hydrogen-bond acceptors (Lipinski definition) is 4. The molecule has 31 heavy (non-hydrogen) atoms. The number of aliphatic imine (C=N–C) groups is 2. The van der Waals surface area contributed by atoms with E-state index in [9.17, 15) is 9.59 Å². The lowest BCUT2D eigenvalue weighted by Crippen LogP contribution is -2.40.